The number of aromatic carboxylic acids is 1. The molecule has 1 amide bonds. The number of nitrogens with zero attached hydrogens (tertiary/aromatic N) is 2. The van der Waals surface area contributed by atoms with Gasteiger partial charge in [0.05, 0.1) is 24.4 Å². The zero-order valence-corrected chi connectivity index (χ0v) is 11.4. The molecule has 20 heavy (non-hydrogen) atoms. The van der Waals surface area contributed by atoms with Gasteiger partial charge in [-0.3, -0.25) is 4.79 Å². The summed E-state index contributed by atoms with van der Waals surface area (Å²) in [6.07, 6.45) is 1.34. The second-order valence-electron chi connectivity index (χ2n) is 4.10. The molecule has 0 unspecified atom stereocenters. The Morgan fingerprint density at radius 2 is 2.25 bits per heavy atom. The van der Waals surface area contributed by atoms with Crippen LogP contribution in [0.1, 0.15) is 10.4 Å². The number of hydrogen-bond donors (Lipinski definition) is 3. The van der Waals surface area contributed by atoms with Crippen molar-refractivity contribution < 1.29 is 19.4 Å². The van der Waals surface area contributed by atoms with E-state index in [1.54, 1.807) is 14.2 Å². The summed E-state index contributed by atoms with van der Waals surface area (Å²) in [6.45, 7) is 0.843. The second-order valence-corrected chi connectivity index (χ2v) is 4.10. The smallest absolute Gasteiger partial charge is 0.337 e. The molecule has 0 spiro atoms. The molecule has 0 atom stereocenters. The summed E-state index contributed by atoms with van der Waals surface area (Å²) in [5.74, 6) is -1.11. The van der Waals surface area contributed by atoms with Crippen LogP contribution in [0.2, 0.25) is 0 Å². The summed E-state index contributed by atoms with van der Waals surface area (Å²) >= 11 is 0. The van der Waals surface area contributed by atoms with E-state index in [0.717, 1.165) is 0 Å². The number of carboxylic acids is 1. The van der Waals surface area contributed by atoms with Crippen molar-refractivity contribution in [3.05, 3.63) is 17.8 Å². The number of ether oxygens (including phenoxy) is 1. The lowest BCUT2D eigenvalue weighted by molar-refractivity contribution is -0.119. The fourth-order valence-corrected chi connectivity index (χ4v) is 1.59. The van der Waals surface area contributed by atoms with Crippen LogP contribution in [-0.4, -0.2) is 55.8 Å². The van der Waals surface area contributed by atoms with Crippen LogP contribution in [0.15, 0.2) is 12.3 Å². The predicted octanol–water partition coefficient (Wildman–Crippen LogP) is -0.439. The minimum Gasteiger partial charge on any atom is -0.478 e. The molecular formula is C12H18N4O4. The number of nitrogens with two attached hydrogens (primary N) is 1. The van der Waals surface area contributed by atoms with Crippen molar-refractivity contribution in [1.82, 2.24) is 10.3 Å². The molecule has 1 heterocycles. The van der Waals surface area contributed by atoms with E-state index in [1.165, 1.54) is 17.2 Å². The Hall–Kier alpha value is -2.35. The molecule has 0 aromatic carbocycles. The molecule has 110 valence electrons. The molecule has 1 aromatic rings. The van der Waals surface area contributed by atoms with Gasteiger partial charge in [0.1, 0.15) is 0 Å². The van der Waals surface area contributed by atoms with Crippen LogP contribution in [0, 0.1) is 0 Å². The molecule has 0 fully saturated rings. The molecule has 1 rings (SSSR count). The zero-order chi connectivity index (χ0) is 15.1. The van der Waals surface area contributed by atoms with Gasteiger partial charge in [0.25, 0.3) is 0 Å². The van der Waals surface area contributed by atoms with Crippen LogP contribution in [0.25, 0.3) is 0 Å². The molecular weight excluding hydrogens is 264 g/mol. The van der Waals surface area contributed by atoms with E-state index in [-0.39, 0.29) is 29.5 Å². The number of methoxy groups -OCH3 is 1. The molecule has 1 aromatic heterocycles. The normalized spacial score (nSPS) is 10.1. The number of carbonyl (C=O) groups is 2. The Labute approximate surface area is 116 Å². The highest BCUT2D eigenvalue weighted by molar-refractivity contribution is 5.96. The highest BCUT2D eigenvalue weighted by Crippen LogP contribution is 2.22. The first-order valence-corrected chi connectivity index (χ1v) is 5.92. The van der Waals surface area contributed by atoms with E-state index in [4.69, 9.17) is 15.6 Å². The van der Waals surface area contributed by atoms with Crippen molar-refractivity contribution in [2.24, 2.45) is 0 Å². The quantitative estimate of drug-likeness (QED) is 0.580. The van der Waals surface area contributed by atoms with E-state index in [1.807, 2.05) is 0 Å². The van der Waals surface area contributed by atoms with Gasteiger partial charge < -0.3 is 25.8 Å². The van der Waals surface area contributed by atoms with Crippen LogP contribution >= 0.6 is 0 Å². The van der Waals surface area contributed by atoms with Crippen LogP contribution in [0.4, 0.5) is 11.5 Å². The molecule has 0 saturated heterocycles. The Balaban J connectivity index is 2.72. The van der Waals surface area contributed by atoms with Gasteiger partial charge in [0.15, 0.2) is 5.82 Å². The Morgan fingerprint density at radius 1 is 1.55 bits per heavy atom. The first-order chi connectivity index (χ1) is 9.47. The summed E-state index contributed by atoms with van der Waals surface area (Å²) in [6, 6.07) is 1.31. The number of likely N-dealkylation sites (N-methyl/N-ethyl adjacent to an activating group) is 1. The van der Waals surface area contributed by atoms with Gasteiger partial charge in [-0.2, -0.15) is 0 Å². The summed E-state index contributed by atoms with van der Waals surface area (Å²) in [5.41, 5.74) is 5.74. The topological polar surface area (TPSA) is 118 Å². The molecule has 0 bridgehead atoms. The summed E-state index contributed by atoms with van der Waals surface area (Å²) in [5, 5.41) is 11.6. The van der Waals surface area contributed by atoms with E-state index < -0.39 is 5.97 Å². The SMILES string of the molecule is COCCNC(=O)CN(C)c1nccc(C(=O)O)c1N. The number of aromatic nitrogens is 1. The number of nitrogens with one attached hydrogen (secondary N) is 1. The van der Waals surface area contributed by atoms with Gasteiger partial charge in [-0.25, -0.2) is 9.78 Å². The molecule has 4 N–H and O–H groups in total. The fourth-order valence-electron chi connectivity index (χ4n) is 1.59. The van der Waals surface area contributed by atoms with Crippen molar-refractivity contribution in [3.8, 4) is 0 Å². The largest absolute Gasteiger partial charge is 0.478 e. The number of anilines is 2. The monoisotopic (exact) mass is 282 g/mol. The second kappa shape index (κ2) is 7.29. The van der Waals surface area contributed by atoms with Gasteiger partial charge in [-0.15, -0.1) is 0 Å². The Bertz CT molecular complexity index is 492. The van der Waals surface area contributed by atoms with E-state index in [2.05, 4.69) is 10.3 Å². The average Bonchev–Trinajstić information content (AvgIpc) is 2.38. The molecule has 0 radical (unpaired) electrons. The first-order valence-electron chi connectivity index (χ1n) is 5.92. The number of rotatable bonds is 7. The van der Waals surface area contributed by atoms with Crippen LogP contribution in [0.3, 0.4) is 0 Å². The van der Waals surface area contributed by atoms with Crippen LogP contribution in [0.5, 0.6) is 0 Å². The van der Waals surface area contributed by atoms with Gasteiger partial charge in [0.2, 0.25) is 5.91 Å². The maximum absolute atomic E-state index is 11.6. The molecule has 0 aliphatic rings. The molecule has 0 saturated carbocycles. The Morgan fingerprint density at radius 3 is 2.85 bits per heavy atom. The standard InChI is InChI=1S/C12H18N4O4/c1-16(7-9(17)14-5-6-20-2)11-10(13)8(12(18)19)3-4-15-11/h3-4H,5-7,13H2,1-2H3,(H,14,17)(H,18,19). The molecule has 0 aliphatic carbocycles. The van der Waals surface area contributed by atoms with Gasteiger partial charge in [-0.05, 0) is 6.07 Å². The number of amides is 1. The lowest BCUT2D eigenvalue weighted by atomic mass is 10.2. The fraction of sp³-hybridized carbons (Fsp3) is 0.417. The van der Waals surface area contributed by atoms with Crippen molar-refractivity contribution >= 4 is 23.4 Å². The highest BCUT2D eigenvalue weighted by atomic mass is 16.5. The van der Waals surface area contributed by atoms with E-state index >= 15 is 0 Å². The van der Waals surface area contributed by atoms with E-state index in [0.29, 0.717) is 13.2 Å². The predicted molar refractivity (Wildman–Crippen MR) is 73.8 cm³/mol. The van der Waals surface area contributed by atoms with Crippen molar-refractivity contribution in [2.45, 2.75) is 0 Å². The summed E-state index contributed by atoms with van der Waals surface area (Å²) in [7, 11) is 3.15. The van der Waals surface area contributed by atoms with Crippen LogP contribution in [-0.2, 0) is 9.53 Å². The minimum absolute atomic E-state index is 0.0178. The summed E-state index contributed by atoms with van der Waals surface area (Å²) < 4.78 is 4.82. The lowest BCUT2D eigenvalue weighted by Gasteiger charge is -2.19. The van der Waals surface area contributed by atoms with Gasteiger partial charge in [0, 0.05) is 26.9 Å². The van der Waals surface area contributed by atoms with Gasteiger partial charge in [-0.1, -0.05) is 0 Å². The van der Waals surface area contributed by atoms with Gasteiger partial charge >= 0.3 is 5.97 Å². The number of nitrogen functional groups attached to an aromatic ring is 1. The summed E-state index contributed by atoms with van der Waals surface area (Å²) in [4.78, 5) is 28.1. The number of pyridine rings is 1. The molecule has 8 heteroatoms. The lowest BCUT2D eigenvalue weighted by Crippen LogP contribution is -2.37. The van der Waals surface area contributed by atoms with Crippen LogP contribution < -0.4 is 16.0 Å². The number of hydrogen-bond acceptors (Lipinski definition) is 6. The minimum atomic E-state index is -1.14. The third-order valence-corrected chi connectivity index (χ3v) is 2.57. The third-order valence-electron chi connectivity index (χ3n) is 2.57. The number of carboxylic acid groups (broad SMARTS) is 1. The molecule has 8 nitrogen and oxygen atoms in total. The molecule has 0 aliphatic heterocycles. The van der Waals surface area contributed by atoms with Crippen molar-refractivity contribution in [1.29, 1.82) is 0 Å². The average molecular weight is 282 g/mol. The van der Waals surface area contributed by atoms with E-state index in [9.17, 15) is 9.59 Å². The highest BCUT2D eigenvalue weighted by Gasteiger charge is 2.16. The number of carbonyl (C=O) groups excluding carboxylic acids is 1. The van der Waals surface area contributed by atoms with Crippen molar-refractivity contribution in [3.63, 3.8) is 0 Å². The maximum Gasteiger partial charge on any atom is 0.337 e. The zero-order valence-electron chi connectivity index (χ0n) is 11.4. The maximum atomic E-state index is 11.6. The van der Waals surface area contributed by atoms with Crippen molar-refractivity contribution in [2.75, 3.05) is 44.5 Å². The Kier molecular flexibility index (Phi) is 5.73. The first kappa shape index (κ1) is 15.7. The third kappa shape index (κ3) is 4.09.